The van der Waals surface area contributed by atoms with Gasteiger partial charge in [0.25, 0.3) is 11.8 Å². The van der Waals surface area contributed by atoms with Gasteiger partial charge in [-0.05, 0) is 70.4 Å². The van der Waals surface area contributed by atoms with Crippen LogP contribution in [0.3, 0.4) is 0 Å². The Morgan fingerprint density at radius 2 is 1.57 bits per heavy atom. The van der Waals surface area contributed by atoms with E-state index in [0.29, 0.717) is 83.6 Å². The molecule has 0 aromatic heterocycles. The number of allylic oxidation sites excluding steroid dienone is 2. The summed E-state index contributed by atoms with van der Waals surface area (Å²) in [6, 6.07) is 0. The Hall–Kier alpha value is -1.94. The molecule has 0 saturated heterocycles. The van der Waals surface area contributed by atoms with E-state index in [0.717, 1.165) is 0 Å². The van der Waals surface area contributed by atoms with Crippen LogP contribution in [0.1, 0.15) is 32.1 Å². The molecule has 0 aromatic rings. The zero-order valence-corrected chi connectivity index (χ0v) is 16.8. The first-order chi connectivity index (χ1) is 13.5. The van der Waals surface area contributed by atoms with Crippen LogP contribution in [0.15, 0.2) is 23.9 Å². The molecule has 0 aliphatic carbocycles. The fourth-order valence-corrected chi connectivity index (χ4v) is 3.08. The maximum Gasteiger partial charge on any atom is 0.267 e. The summed E-state index contributed by atoms with van der Waals surface area (Å²) in [5.74, 6) is -0.336. The molecule has 1 heterocycles. The number of carbonyl (C=O) groups is 2. The number of nitrogens with one attached hydrogen (secondary N) is 2. The smallest absolute Gasteiger partial charge is 0.267 e. The molecule has 0 spiro atoms. The van der Waals surface area contributed by atoms with Gasteiger partial charge in [-0.15, -0.1) is 0 Å². The van der Waals surface area contributed by atoms with E-state index in [1.807, 2.05) is 6.08 Å². The topological polar surface area (TPSA) is 166 Å². The number of nitrogens with zero attached hydrogens (tertiary/aromatic N) is 1. The molecular weight excluding hydrogens is 358 g/mol. The second-order valence-corrected chi connectivity index (χ2v) is 6.90. The average Bonchev–Trinajstić information content (AvgIpc) is 2.72. The van der Waals surface area contributed by atoms with E-state index in [1.54, 1.807) is 17.1 Å². The number of hydrogen-bond donors (Lipinski definition) is 6. The molecule has 0 saturated carbocycles. The lowest BCUT2D eigenvalue weighted by Gasteiger charge is -2.38. The summed E-state index contributed by atoms with van der Waals surface area (Å²) in [5, 5.41) is 6.00. The Bertz CT molecular complexity index is 542. The van der Waals surface area contributed by atoms with Crippen molar-refractivity contribution in [1.29, 1.82) is 0 Å². The first-order valence-corrected chi connectivity index (χ1v) is 10.1. The third-order valence-electron chi connectivity index (χ3n) is 4.62. The van der Waals surface area contributed by atoms with Crippen LogP contribution in [0.4, 0.5) is 0 Å². The Labute approximate surface area is 167 Å². The summed E-state index contributed by atoms with van der Waals surface area (Å²) in [6.07, 6.45) is 8.49. The normalized spacial score (nSPS) is 18.4. The molecule has 0 radical (unpaired) electrons. The molecule has 2 amide bonds. The van der Waals surface area contributed by atoms with Crippen LogP contribution in [0.5, 0.6) is 0 Å². The molecule has 9 nitrogen and oxygen atoms in total. The SMILES string of the molecule is NCCCNC(=O)C1=CC=CC(CCCN)(C(=O)N(CCCN)CCCN)N1. The van der Waals surface area contributed by atoms with Gasteiger partial charge in [-0.1, -0.05) is 6.08 Å². The van der Waals surface area contributed by atoms with Gasteiger partial charge in [0.1, 0.15) is 11.2 Å². The first-order valence-electron chi connectivity index (χ1n) is 10.1. The number of amides is 2. The van der Waals surface area contributed by atoms with Crippen molar-refractivity contribution in [3.63, 3.8) is 0 Å². The lowest BCUT2D eigenvalue weighted by atomic mass is 9.88. The lowest BCUT2D eigenvalue weighted by Crippen LogP contribution is -2.59. The molecule has 1 aliphatic rings. The minimum absolute atomic E-state index is 0.0838. The molecular formula is C19H37N7O2. The van der Waals surface area contributed by atoms with Crippen molar-refractivity contribution in [3.8, 4) is 0 Å². The Morgan fingerprint density at radius 3 is 2.14 bits per heavy atom. The molecule has 0 fully saturated rings. The summed E-state index contributed by atoms with van der Waals surface area (Å²) >= 11 is 0. The maximum atomic E-state index is 13.5. The fourth-order valence-electron chi connectivity index (χ4n) is 3.08. The van der Waals surface area contributed by atoms with Gasteiger partial charge in [-0.3, -0.25) is 9.59 Å². The minimum atomic E-state index is -1.00. The Morgan fingerprint density at radius 1 is 0.964 bits per heavy atom. The fraction of sp³-hybridized carbons (Fsp3) is 0.684. The summed E-state index contributed by atoms with van der Waals surface area (Å²) in [7, 11) is 0. The van der Waals surface area contributed by atoms with Gasteiger partial charge in [0.15, 0.2) is 0 Å². The third-order valence-corrected chi connectivity index (χ3v) is 4.62. The highest BCUT2D eigenvalue weighted by Gasteiger charge is 2.40. The molecule has 28 heavy (non-hydrogen) atoms. The number of rotatable bonds is 14. The highest BCUT2D eigenvalue weighted by molar-refractivity contribution is 5.97. The summed E-state index contributed by atoms with van der Waals surface area (Å²) < 4.78 is 0. The van der Waals surface area contributed by atoms with Crippen molar-refractivity contribution in [2.24, 2.45) is 22.9 Å². The zero-order chi connectivity index (χ0) is 20.8. The molecule has 1 aliphatic heterocycles. The van der Waals surface area contributed by atoms with Crippen molar-refractivity contribution in [3.05, 3.63) is 23.9 Å². The van der Waals surface area contributed by atoms with Crippen LogP contribution in [0.2, 0.25) is 0 Å². The predicted molar refractivity (Wildman–Crippen MR) is 112 cm³/mol. The summed E-state index contributed by atoms with van der Waals surface area (Å²) in [6.45, 7) is 3.55. The van der Waals surface area contributed by atoms with E-state index >= 15 is 0 Å². The van der Waals surface area contributed by atoms with E-state index in [4.69, 9.17) is 22.9 Å². The summed E-state index contributed by atoms with van der Waals surface area (Å²) in [5.41, 5.74) is 21.8. The predicted octanol–water partition coefficient (Wildman–Crippen LogP) is -1.50. The number of carbonyl (C=O) groups excluding carboxylic acids is 2. The standard InChI is InChI=1S/C19H37N7O2/c20-9-2-8-19(18(28)26(14-4-11-22)15-5-12-23)7-1-6-16(25-19)17(27)24-13-3-10-21/h1,6-7,25H,2-5,8-15,20-23H2,(H,24,27). The van der Waals surface area contributed by atoms with E-state index in [2.05, 4.69) is 10.6 Å². The second-order valence-electron chi connectivity index (χ2n) is 6.90. The second kappa shape index (κ2) is 13.3. The molecule has 1 rings (SSSR count). The van der Waals surface area contributed by atoms with Crippen LogP contribution in [-0.4, -0.2) is 68.1 Å². The molecule has 0 bridgehead atoms. The van der Waals surface area contributed by atoms with E-state index in [1.165, 1.54) is 0 Å². The highest BCUT2D eigenvalue weighted by atomic mass is 16.2. The van der Waals surface area contributed by atoms with Crippen LogP contribution < -0.4 is 33.6 Å². The summed E-state index contributed by atoms with van der Waals surface area (Å²) in [4.78, 5) is 27.7. The quantitative estimate of drug-likeness (QED) is 0.195. The van der Waals surface area contributed by atoms with Crippen LogP contribution in [0, 0.1) is 0 Å². The highest BCUT2D eigenvalue weighted by Crippen LogP contribution is 2.24. The minimum Gasteiger partial charge on any atom is -0.364 e. The molecule has 10 N–H and O–H groups in total. The van der Waals surface area contributed by atoms with E-state index in [9.17, 15) is 9.59 Å². The third kappa shape index (κ3) is 7.23. The molecule has 1 unspecified atom stereocenters. The van der Waals surface area contributed by atoms with Crippen LogP contribution in [-0.2, 0) is 9.59 Å². The Balaban J connectivity index is 2.99. The van der Waals surface area contributed by atoms with Gasteiger partial charge in [-0.25, -0.2) is 0 Å². The molecule has 1 atom stereocenters. The molecule has 9 heteroatoms. The number of nitrogens with two attached hydrogens (primary N) is 4. The first kappa shape index (κ1) is 24.1. The number of hydrogen-bond acceptors (Lipinski definition) is 7. The monoisotopic (exact) mass is 395 g/mol. The van der Waals surface area contributed by atoms with Gasteiger partial charge in [-0.2, -0.15) is 0 Å². The van der Waals surface area contributed by atoms with Crippen molar-refractivity contribution < 1.29 is 9.59 Å². The van der Waals surface area contributed by atoms with Gasteiger partial charge in [0.05, 0.1) is 0 Å². The largest absolute Gasteiger partial charge is 0.364 e. The lowest BCUT2D eigenvalue weighted by molar-refractivity contribution is -0.136. The van der Waals surface area contributed by atoms with E-state index in [-0.39, 0.29) is 11.8 Å². The van der Waals surface area contributed by atoms with Crippen LogP contribution >= 0.6 is 0 Å². The number of dihydropyridines is 1. The maximum absolute atomic E-state index is 13.5. The Kier molecular flexibility index (Phi) is 11.4. The van der Waals surface area contributed by atoms with Gasteiger partial charge in [0, 0.05) is 19.6 Å². The van der Waals surface area contributed by atoms with Gasteiger partial charge in [0.2, 0.25) is 0 Å². The van der Waals surface area contributed by atoms with Crippen molar-refractivity contribution in [2.75, 3.05) is 45.8 Å². The van der Waals surface area contributed by atoms with Crippen molar-refractivity contribution in [1.82, 2.24) is 15.5 Å². The van der Waals surface area contributed by atoms with Gasteiger partial charge < -0.3 is 38.5 Å². The average molecular weight is 396 g/mol. The zero-order valence-electron chi connectivity index (χ0n) is 16.8. The molecule has 0 aromatic carbocycles. The van der Waals surface area contributed by atoms with Crippen molar-refractivity contribution >= 4 is 11.8 Å². The van der Waals surface area contributed by atoms with Gasteiger partial charge >= 0.3 is 0 Å². The molecule has 160 valence electrons. The van der Waals surface area contributed by atoms with E-state index < -0.39 is 5.54 Å². The van der Waals surface area contributed by atoms with Crippen LogP contribution in [0.25, 0.3) is 0 Å². The van der Waals surface area contributed by atoms with Crippen molar-refractivity contribution in [2.45, 2.75) is 37.6 Å².